The highest BCUT2D eigenvalue weighted by Gasteiger charge is 2.22. The Labute approximate surface area is 85.8 Å². The lowest BCUT2D eigenvalue weighted by Crippen LogP contribution is -2.27. The molecule has 1 rings (SSSR count). The molecule has 0 aromatic heterocycles. The van der Waals surface area contributed by atoms with E-state index in [1.54, 1.807) is 7.11 Å². The van der Waals surface area contributed by atoms with Crippen molar-refractivity contribution >= 4 is 5.78 Å². The van der Waals surface area contributed by atoms with Crippen LogP contribution < -0.4 is 0 Å². The summed E-state index contributed by atoms with van der Waals surface area (Å²) < 4.78 is 10.3. The van der Waals surface area contributed by atoms with Crippen LogP contribution in [0.15, 0.2) is 0 Å². The molecule has 14 heavy (non-hydrogen) atoms. The second-order valence-corrected chi connectivity index (χ2v) is 4.15. The SMILES string of the molecule is COCC(C)CC(=O)C1CCCOC1. The molecule has 0 amide bonds. The maximum absolute atomic E-state index is 11.7. The summed E-state index contributed by atoms with van der Waals surface area (Å²) in [7, 11) is 1.67. The Morgan fingerprint density at radius 1 is 1.64 bits per heavy atom. The van der Waals surface area contributed by atoms with Crippen molar-refractivity contribution in [1.82, 2.24) is 0 Å². The maximum Gasteiger partial charge on any atom is 0.138 e. The summed E-state index contributed by atoms with van der Waals surface area (Å²) in [6, 6.07) is 0. The normalized spacial score (nSPS) is 24.6. The monoisotopic (exact) mass is 200 g/mol. The van der Waals surface area contributed by atoms with Gasteiger partial charge in [-0.15, -0.1) is 0 Å². The molecule has 0 aliphatic carbocycles. The van der Waals surface area contributed by atoms with Crippen LogP contribution >= 0.6 is 0 Å². The van der Waals surface area contributed by atoms with Crippen LogP contribution in [0.3, 0.4) is 0 Å². The number of methoxy groups -OCH3 is 1. The summed E-state index contributed by atoms with van der Waals surface area (Å²) in [5.41, 5.74) is 0. The summed E-state index contributed by atoms with van der Waals surface area (Å²) in [4.78, 5) is 11.7. The summed E-state index contributed by atoms with van der Waals surface area (Å²) in [5.74, 6) is 0.812. The molecule has 0 aromatic rings. The van der Waals surface area contributed by atoms with E-state index in [-0.39, 0.29) is 5.92 Å². The first-order valence-electron chi connectivity index (χ1n) is 5.33. The summed E-state index contributed by atoms with van der Waals surface area (Å²) in [6.45, 7) is 4.15. The molecule has 0 bridgehead atoms. The van der Waals surface area contributed by atoms with Crippen LogP contribution in [0.5, 0.6) is 0 Å². The minimum Gasteiger partial charge on any atom is -0.384 e. The molecule has 0 aromatic carbocycles. The highest BCUT2D eigenvalue weighted by molar-refractivity contribution is 5.81. The molecule has 1 fully saturated rings. The molecule has 1 heterocycles. The van der Waals surface area contributed by atoms with Gasteiger partial charge in [0.2, 0.25) is 0 Å². The Kier molecular flexibility index (Phi) is 5.12. The van der Waals surface area contributed by atoms with E-state index < -0.39 is 0 Å². The lowest BCUT2D eigenvalue weighted by atomic mass is 9.91. The number of carbonyl (C=O) groups is 1. The van der Waals surface area contributed by atoms with Crippen molar-refractivity contribution in [2.24, 2.45) is 11.8 Å². The Bertz CT molecular complexity index is 173. The number of ketones is 1. The quantitative estimate of drug-likeness (QED) is 0.677. The zero-order valence-corrected chi connectivity index (χ0v) is 9.12. The number of Topliss-reactive ketones (excluding diaryl/α,β-unsaturated/α-hetero) is 1. The Morgan fingerprint density at radius 2 is 2.43 bits per heavy atom. The van der Waals surface area contributed by atoms with Crippen molar-refractivity contribution in [3.05, 3.63) is 0 Å². The molecule has 2 atom stereocenters. The fourth-order valence-corrected chi connectivity index (χ4v) is 1.85. The van der Waals surface area contributed by atoms with E-state index in [0.29, 0.717) is 31.3 Å². The third-order valence-corrected chi connectivity index (χ3v) is 2.62. The van der Waals surface area contributed by atoms with Gasteiger partial charge < -0.3 is 9.47 Å². The first-order valence-corrected chi connectivity index (χ1v) is 5.33. The molecule has 1 aliphatic heterocycles. The Morgan fingerprint density at radius 3 is 3.00 bits per heavy atom. The number of rotatable bonds is 5. The molecule has 1 saturated heterocycles. The van der Waals surface area contributed by atoms with Crippen molar-refractivity contribution < 1.29 is 14.3 Å². The average molecular weight is 200 g/mol. The number of hydrogen-bond acceptors (Lipinski definition) is 3. The smallest absolute Gasteiger partial charge is 0.138 e. The van der Waals surface area contributed by atoms with Crippen LogP contribution in [-0.2, 0) is 14.3 Å². The van der Waals surface area contributed by atoms with Gasteiger partial charge in [0, 0.05) is 32.7 Å². The van der Waals surface area contributed by atoms with E-state index >= 15 is 0 Å². The predicted molar refractivity (Wildman–Crippen MR) is 54.2 cm³/mol. The second kappa shape index (κ2) is 6.14. The van der Waals surface area contributed by atoms with Gasteiger partial charge in [-0.05, 0) is 18.8 Å². The van der Waals surface area contributed by atoms with Crippen molar-refractivity contribution in [2.45, 2.75) is 26.2 Å². The van der Waals surface area contributed by atoms with E-state index in [2.05, 4.69) is 0 Å². The fourth-order valence-electron chi connectivity index (χ4n) is 1.85. The first-order chi connectivity index (χ1) is 6.74. The van der Waals surface area contributed by atoms with Crippen LogP contribution in [0.1, 0.15) is 26.2 Å². The van der Waals surface area contributed by atoms with Crippen LogP contribution in [0, 0.1) is 11.8 Å². The van der Waals surface area contributed by atoms with E-state index in [1.165, 1.54) is 0 Å². The lowest BCUT2D eigenvalue weighted by Gasteiger charge is -2.22. The zero-order valence-electron chi connectivity index (χ0n) is 9.12. The van der Waals surface area contributed by atoms with E-state index in [1.807, 2.05) is 6.92 Å². The number of ether oxygens (including phenoxy) is 2. The van der Waals surface area contributed by atoms with Gasteiger partial charge in [0.25, 0.3) is 0 Å². The summed E-state index contributed by atoms with van der Waals surface area (Å²) >= 11 is 0. The highest BCUT2D eigenvalue weighted by Crippen LogP contribution is 2.18. The molecule has 0 N–H and O–H groups in total. The van der Waals surface area contributed by atoms with Gasteiger partial charge in [-0.3, -0.25) is 4.79 Å². The van der Waals surface area contributed by atoms with Gasteiger partial charge in [0.15, 0.2) is 0 Å². The topological polar surface area (TPSA) is 35.5 Å². The van der Waals surface area contributed by atoms with Crippen molar-refractivity contribution in [1.29, 1.82) is 0 Å². The lowest BCUT2D eigenvalue weighted by molar-refractivity contribution is -0.128. The summed E-state index contributed by atoms with van der Waals surface area (Å²) in [6.07, 6.45) is 2.65. The maximum atomic E-state index is 11.7. The predicted octanol–water partition coefficient (Wildman–Crippen LogP) is 1.65. The average Bonchev–Trinajstić information content (AvgIpc) is 2.19. The van der Waals surface area contributed by atoms with Gasteiger partial charge >= 0.3 is 0 Å². The third kappa shape index (κ3) is 3.76. The molecule has 3 nitrogen and oxygen atoms in total. The van der Waals surface area contributed by atoms with Crippen molar-refractivity contribution in [3.8, 4) is 0 Å². The van der Waals surface area contributed by atoms with E-state index in [0.717, 1.165) is 19.4 Å². The van der Waals surface area contributed by atoms with Crippen LogP contribution in [0.25, 0.3) is 0 Å². The third-order valence-electron chi connectivity index (χ3n) is 2.62. The van der Waals surface area contributed by atoms with Crippen molar-refractivity contribution in [3.63, 3.8) is 0 Å². The van der Waals surface area contributed by atoms with Crippen LogP contribution in [0.2, 0.25) is 0 Å². The minimum absolute atomic E-state index is 0.142. The second-order valence-electron chi connectivity index (χ2n) is 4.15. The van der Waals surface area contributed by atoms with Gasteiger partial charge in [-0.2, -0.15) is 0 Å². The molecule has 0 radical (unpaired) electrons. The molecule has 0 saturated carbocycles. The van der Waals surface area contributed by atoms with Crippen LogP contribution in [-0.4, -0.2) is 32.7 Å². The molecule has 0 spiro atoms. The minimum atomic E-state index is 0.142. The van der Waals surface area contributed by atoms with Crippen LogP contribution in [0.4, 0.5) is 0 Å². The largest absolute Gasteiger partial charge is 0.384 e. The van der Waals surface area contributed by atoms with E-state index in [9.17, 15) is 4.79 Å². The van der Waals surface area contributed by atoms with Gasteiger partial charge in [-0.1, -0.05) is 6.92 Å². The van der Waals surface area contributed by atoms with E-state index in [4.69, 9.17) is 9.47 Å². The zero-order chi connectivity index (χ0) is 10.4. The highest BCUT2D eigenvalue weighted by atomic mass is 16.5. The number of hydrogen-bond donors (Lipinski definition) is 0. The van der Waals surface area contributed by atoms with Gasteiger partial charge in [0.1, 0.15) is 5.78 Å². The molecule has 3 heteroatoms. The van der Waals surface area contributed by atoms with Crippen molar-refractivity contribution in [2.75, 3.05) is 26.9 Å². The molecular formula is C11H20O3. The standard InChI is InChI=1S/C11H20O3/c1-9(7-13-2)6-11(12)10-4-3-5-14-8-10/h9-10H,3-8H2,1-2H3. The molecule has 2 unspecified atom stereocenters. The first kappa shape index (κ1) is 11.7. The molecular weight excluding hydrogens is 180 g/mol. The van der Waals surface area contributed by atoms with Gasteiger partial charge in [-0.25, -0.2) is 0 Å². The fraction of sp³-hybridized carbons (Fsp3) is 0.909. The summed E-state index contributed by atoms with van der Waals surface area (Å²) in [5, 5.41) is 0. The molecule has 82 valence electrons. The molecule has 1 aliphatic rings. The Balaban J connectivity index is 2.25. The number of carbonyl (C=O) groups excluding carboxylic acids is 1. The Hall–Kier alpha value is -0.410. The van der Waals surface area contributed by atoms with Gasteiger partial charge in [0.05, 0.1) is 6.61 Å².